The van der Waals surface area contributed by atoms with Crippen LogP contribution in [0.25, 0.3) is 0 Å². The maximum atomic E-state index is 11.5. The summed E-state index contributed by atoms with van der Waals surface area (Å²) in [6.07, 6.45) is 0.917. The monoisotopic (exact) mass is 283 g/mol. The van der Waals surface area contributed by atoms with Gasteiger partial charge in [-0.05, 0) is 36.0 Å². The number of ketones is 1. The molecular weight excluding hydrogens is 262 g/mol. The number of carbonyl (C=O) groups is 1. The van der Waals surface area contributed by atoms with Crippen molar-refractivity contribution < 1.29 is 13.6 Å². The van der Waals surface area contributed by atoms with E-state index < -0.39 is 16.3 Å². The van der Waals surface area contributed by atoms with E-state index in [1.165, 1.54) is 6.92 Å². The van der Waals surface area contributed by atoms with Gasteiger partial charge in [0.15, 0.2) is 16.9 Å². The van der Waals surface area contributed by atoms with Gasteiger partial charge in [-0.25, -0.2) is 4.21 Å². The number of rotatable bonds is 6. The lowest BCUT2D eigenvalue weighted by Crippen LogP contribution is -2.17. The minimum atomic E-state index is -2.22. The lowest BCUT2D eigenvalue weighted by Gasteiger charge is -2.16. The Morgan fingerprint density at radius 3 is 2.47 bits per heavy atom. The van der Waals surface area contributed by atoms with E-state index >= 15 is 0 Å². The average Bonchev–Trinajstić information content (AvgIpc) is 2.29. The van der Waals surface area contributed by atoms with Gasteiger partial charge in [0.1, 0.15) is 5.25 Å². The number of Topliss-reactive ketones (excluding diaryl/α,β-unsaturated/α-hetero) is 1. The van der Waals surface area contributed by atoms with Crippen molar-refractivity contribution in [1.29, 1.82) is 0 Å². The highest BCUT2D eigenvalue weighted by molar-refractivity contribution is 7.80. The van der Waals surface area contributed by atoms with Crippen LogP contribution < -0.4 is 5.73 Å². The van der Waals surface area contributed by atoms with Crippen molar-refractivity contribution in [1.82, 2.24) is 0 Å². The topological polar surface area (TPSA) is 80.4 Å². The summed E-state index contributed by atoms with van der Waals surface area (Å²) in [4.78, 5) is 11.5. The van der Waals surface area contributed by atoms with E-state index in [-0.39, 0.29) is 12.3 Å². The summed E-state index contributed by atoms with van der Waals surface area (Å²) in [6, 6.07) is 5.58. The second kappa shape index (κ2) is 6.93. The Bertz CT molecular complexity index is 472. The molecule has 5 heteroatoms. The van der Waals surface area contributed by atoms with E-state index in [1.807, 2.05) is 12.1 Å². The fourth-order valence-corrected chi connectivity index (χ4v) is 2.89. The molecule has 0 saturated heterocycles. The molecular formula is C14H21NO3S. The first-order valence-electron chi connectivity index (χ1n) is 6.28. The highest BCUT2D eigenvalue weighted by Crippen LogP contribution is 2.25. The Morgan fingerprint density at radius 2 is 2.05 bits per heavy atom. The molecule has 19 heavy (non-hydrogen) atoms. The van der Waals surface area contributed by atoms with Gasteiger partial charge in [-0.15, -0.1) is 0 Å². The molecule has 3 N–H and O–H groups in total. The molecule has 2 unspecified atom stereocenters. The van der Waals surface area contributed by atoms with Gasteiger partial charge in [-0.2, -0.15) is 0 Å². The van der Waals surface area contributed by atoms with Crippen molar-refractivity contribution in [2.45, 2.75) is 39.0 Å². The molecule has 0 aliphatic rings. The lowest BCUT2D eigenvalue weighted by atomic mass is 9.95. The molecule has 0 aromatic heterocycles. The number of nitrogens with two attached hydrogens (primary N) is 1. The molecule has 1 aromatic carbocycles. The van der Waals surface area contributed by atoms with Gasteiger partial charge in [-0.1, -0.05) is 32.0 Å². The molecule has 106 valence electrons. The van der Waals surface area contributed by atoms with Gasteiger partial charge in [0.05, 0.1) is 0 Å². The normalized spacial score (nSPS) is 14.4. The Hall–Kier alpha value is -1.04. The van der Waals surface area contributed by atoms with Gasteiger partial charge in [0, 0.05) is 6.54 Å². The van der Waals surface area contributed by atoms with Crippen molar-refractivity contribution in [3.05, 3.63) is 34.9 Å². The molecule has 0 radical (unpaired) electrons. The molecule has 0 bridgehead atoms. The number of hydrogen-bond acceptors (Lipinski definition) is 3. The van der Waals surface area contributed by atoms with E-state index in [9.17, 15) is 13.6 Å². The maximum Gasteiger partial charge on any atom is 0.168 e. The van der Waals surface area contributed by atoms with E-state index in [1.54, 1.807) is 6.07 Å². The standard InChI is InChI=1S/C14H21NO3S/c1-9(2)6-11-4-5-13(12(7-11)8-15)14(10(3)16)19(17)18/h4-5,7,9,14H,6,8,15H2,1-3H3,(H,17,18). The Labute approximate surface area is 116 Å². The van der Waals surface area contributed by atoms with Crippen LogP contribution in [0.15, 0.2) is 18.2 Å². The molecule has 0 heterocycles. The molecule has 4 nitrogen and oxygen atoms in total. The molecule has 1 aromatic rings. The SMILES string of the molecule is CC(=O)C(c1ccc(CC(C)C)cc1CN)S(=O)O. The summed E-state index contributed by atoms with van der Waals surface area (Å²) < 4.78 is 20.6. The van der Waals surface area contributed by atoms with E-state index in [2.05, 4.69) is 13.8 Å². The van der Waals surface area contributed by atoms with Crippen LogP contribution in [-0.4, -0.2) is 14.5 Å². The van der Waals surface area contributed by atoms with E-state index in [0.717, 1.165) is 17.5 Å². The van der Waals surface area contributed by atoms with Crippen LogP contribution in [-0.2, 0) is 28.8 Å². The van der Waals surface area contributed by atoms with Crippen molar-refractivity contribution in [2.24, 2.45) is 11.7 Å². The van der Waals surface area contributed by atoms with E-state index in [0.29, 0.717) is 11.5 Å². The van der Waals surface area contributed by atoms with Gasteiger partial charge >= 0.3 is 0 Å². The first-order chi connectivity index (χ1) is 8.86. The molecule has 0 saturated carbocycles. The third-order valence-corrected chi connectivity index (χ3v) is 3.91. The third-order valence-electron chi connectivity index (χ3n) is 2.92. The quantitative estimate of drug-likeness (QED) is 0.784. The van der Waals surface area contributed by atoms with Gasteiger partial charge < -0.3 is 10.3 Å². The van der Waals surface area contributed by atoms with Gasteiger partial charge in [0.25, 0.3) is 0 Å². The highest BCUT2D eigenvalue weighted by Gasteiger charge is 2.25. The second-order valence-corrected chi connectivity index (χ2v) is 6.13. The van der Waals surface area contributed by atoms with Crippen LogP contribution >= 0.6 is 0 Å². The first kappa shape index (κ1) is 16.0. The molecule has 2 atom stereocenters. The van der Waals surface area contributed by atoms with Gasteiger partial charge in [-0.3, -0.25) is 4.79 Å². The Kier molecular flexibility index (Phi) is 5.85. The predicted molar refractivity (Wildman–Crippen MR) is 77.1 cm³/mol. The number of benzene rings is 1. The first-order valence-corrected chi connectivity index (χ1v) is 7.45. The summed E-state index contributed by atoms with van der Waals surface area (Å²) in [5.74, 6) is 0.194. The zero-order chi connectivity index (χ0) is 14.6. The molecule has 0 aliphatic heterocycles. The van der Waals surface area contributed by atoms with Crippen LogP contribution in [0.3, 0.4) is 0 Å². The Morgan fingerprint density at radius 1 is 1.42 bits per heavy atom. The molecule has 0 amide bonds. The third kappa shape index (κ3) is 4.23. The summed E-state index contributed by atoms with van der Waals surface area (Å²) >= 11 is -2.22. The number of carbonyl (C=O) groups excluding carboxylic acids is 1. The van der Waals surface area contributed by atoms with Crippen molar-refractivity contribution in [3.63, 3.8) is 0 Å². The zero-order valence-electron chi connectivity index (χ0n) is 11.6. The minimum absolute atomic E-state index is 0.252. The summed E-state index contributed by atoms with van der Waals surface area (Å²) in [5, 5.41) is -1.01. The molecule has 1 rings (SSSR count). The summed E-state index contributed by atoms with van der Waals surface area (Å²) in [7, 11) is 0. The van der Waals surface area contributed by atoms with E-state index in [4.69, 9.17) is 5.73 Å². The maximum absolute atomic E-state index is 11.5. The van der Waals surface area contributed by atoms with Crippen LogP contribution in [0.4, 0.5) is 0 Å². The predicted octanol–water partition coefficient (Wildman–Crippen LogP) is 2.20. The summed E-state index contributed by atoms with van der Waals surface area (Å²) in [6.45, 7) is 5.82. The fraction of sp³-hybridized carbons (Fsp3) is 0.500. The van der Waals surface area contributed by atoms with Crippen molar-refractivity contribution in [3.8, 4) is 0 Å². The fourth-order valence-electron chi connectivity index (χ4n) is 2.16. The van der Waals surface area contributed by atoms with Crippen LogP contribution in [0.5, 0.6) is 0 Å². The second-order valence-electron chi connectivity index (χ2n) is 5.10. The molecule has 0 aliphatic carbocycles. The molecule has 0 fully saturated rings. The van der Waals surface area contributed by atoms with Crippen molar-refractivity contribution in [2.75, 3.05) is 0 Å². The van der Waals surface area contributed by atoms with Gasteiger partial charge in [0.2, 0.25) is 0 Å². The average molecular weight is 283 g/mol. The largest absolute Gasteiger partial charge is 0.326 e. The van der Waals surface area contributed by atoms with Crippen LogP contribution in [0, 0.1) is 5.92 Å². The lowest BCUT2D eigenvalue weighted by molar-refractivity contribution is -0.116. The smallest absolute Gasteiger partial charge is 0.168 e. The minimum Gasteiger partial charge on any atom is -0.326 e. The summed E-state index contributed by atoms with van der Waals surface area (Å²) in [5.41, 5.74) is 8.15. The van der Waals surface area contributed by atoms with Crippen LogP contribution in [0.1, 0.15) is 42.7 Å². The van der Waals surface area contributed by atoms with Crippen LogP contribution in [0.2, 0.25) is 0 Å². The molecule has 0 spiro atoms. The highest BCUT2D eigenvalue weighted by atomic mass is 32.2. The number of hydrogen-bond donors (Lipinski definition) is 2. The Balaban J connectivity index is 3.21. The zero-order valence-corrected chi connectivity index (χ0v) is 12.4. The van der Waals surface area contributed by atoms with Crippen molar-refractivity contribution >= 4 is 16.9 Å².